The molecule has 5 nitrogen and oxygen atoms in total. The van der Waals surface area contributed by atoms with Crippen LogP contribution < -0.4 is 15.4 Å². The van der Waals surface area contributed by atoms with Crippen molar-refractivity contribution in [3.63, 3.8) is 0 Å². The number of aliphatic imine (C=N–C) groups is 1. The molecule has 154 valence electrons. The fourth-order valence-corrected chi connectivity index (χ4v) is 2.92. The number of halogens is 1. The van der Waals surface area contributed by atoms with Crippen LogP contribution in [0.2, 0.25) is 0 Å². The molecule has 1 unspecified atom stereocenters. The molecular weight excluding hydrogens is 463 g/mol. The van der Waals surface area contributed by atoms with Gasteiger partial charge in [-0.05, 0) is 49.9 Å². The van der Waals surface area contributed by atoms with Crippen molar-refractivity contribution in [1.82, 2.24) is 15.6 Å². The van der Waals surface area contributed by atoms with Crippen molar-refractivity contribution in [2.75, 3.05) is 7.05 Å². The van der Waals surface area contributed by atoms with Crippen LogP contribution in [0.4, 0.5) is 0 Å². The lowest BCUT2D eigenvalue weighted by Gasteiger charge is -2.20. The van der Waals surface area contributed by atoms with E-state index in [1.54, 1.807) is 13.2 Å². The number of hydrogen-bond donors (Lipinski definition) is 2. The molecular formula is C22H33IN4O. The zero-order valence-corrected chi connectivity index (χ0v) is 19.9. The van der Waals surface area contributed by atoms with Gasteiger partial charge >= 0.3 is 0 Å². The first-order valence-corrected chi connectivity index (χ1v) is 9.58. The molecule has 0 fully saturated rings. The fraction of sp³-hybridized carbons (Fsp3) is 0.455. The van der Waals surface area contributed by atoms with Gasteiger partial charge < -0.3 is 15.4 Å². The van der Waals surface area contributed by atoms with Gasteiger partial charge in [0.2, 0.25) is 0 Å². The minimum absolute atomic E-state index is 0. The van der Waals surface area contributed by atoms with E-state index >= 15 is 0 Å². The van der Waals surface area contributed by atoms with Crippen molar-refractivity contribution in [1.29, 1.82) is 0 Å². The van der Waals surface area contributed by atoms with Gasteiger partial charge in [0.1, 0.15) is 5.75 Å². The van der Waals surface area contributed by atoms with E-state index in [2.05, 4.69) is 66.5 Å². The van der Waals surface area contributed by atoms with Gasteiger partial charge in [0.05, 0.1) is 18.3 Å². The van der Waals surface area contributed by atoms with Crippen LogP contribution in [0.1, 0.15) is 44.0 Å². The summed E-state index contributed by atoms with van der Waals surface area (Å²) >= 11 is 0. The van der Waals surface area contributed by atoms with Gasteiger partial charge in [-0.15, -0.1) is 24.0 Å². The van der Waals surface area contributed by atoms with Crippen molar-refractivity contribution in [2.24, 2.45) is 10.9 Å². The second-order valence-corrected chi connectivity index (χ2v) is 7.27. The Morgan fingerprint density at radius 3 is 2.50 bits per heavy atom. The third-order valence-corrected chi connectivity index (χ3v) is 4.19. The molecule has 6 heteroatoms. The maximum atomic E-state index is 6.22. The minimum Gasteiger partial charge on any atom is -0.490 e. The molecule has 0 aliphatic carbocycles. The lowest BCUT2D eigenvalue weighted by molar-refractivity contribution is 0.191. The van der Waals surface area contributed by atoms with Crippen molar-refractivity contribution in [3.8, 4) is 5.75 Å². The molecule has 1 atom stereocenters. The van der Waals surface area contributed by atoms with Crippen molar-refractivity contribution in [2.45, 2.75) is 53.3 Å². The number of pyridine rings is 1. The normalized spacial score (nSPS) is 12.3. The summed E-state index contributed by atoms with van der Waals surface area (Å²) in [5.74, 6) is 2.29. The molecule has 0 saturated heterocycles. The molecule has 0 aliphatic heterocycles. The SMILES string of the molecule is CN=C(NCc1ccccn1)NCc1ccc(C)cc1OC(C)CC(C)C.I. The van der Waals surface area contributed by atoms with Gasteiger partial charge in [-0.3, -0.25) is 9.98 Å². The van der Waals surface area contributed by atoms with Crippen LogP contribution in [-0.2, 0) is 13.1 Å². The van der Waals surface area contributed by atoms with E-state index in [1.807, 2.05) is 18.2 Å². The second-order valence-electron chi connectivity index (χ2n) is 7.27. The number of aryl methyl sites for hydroxylation is 1. The summed E-state index contributed by atoms with van der Waals surface area (Å²) in [5, 5.41) is 6.65. The summed E-state index contributed by atoms with van der Waals surface area (Å²) in [6.45, 7) is 9.93. The van der Waals surface area contributed by atoms with E-state index in [0.717, 1.165) is 29.4 Å². The van der Waals surface area contributed by atoms with Crippen LogP contribution in [0.3, 0.4) is 0 Å². The summed E-state index contributed by atoms with van der Waals surface area (Å²) in [7, 11) is 1.77. The molecule has 0 aliphatic rings. The number of guanidine groups is 1. The lowest BCUT2D eigenvalue weighted by atomic mass is 10.1. The van der Waals surface area contributed by atoms with Gasteiger partial charge in [0.15, 0.2) is 5.96 Å². The molecule has 2 aromatic rings. The molecule has 2 N–H and O–H groups in total. The van der Waals surface area contributed by atoms with Gasteiger partial charge in [-0.25, -0.2) is 0 Å². The highest BCUT2D eigenvalue weighted by atomic mass is 127. The van der Waals surface area contributed by atoms with Crippen molar-refractivity contribution < 1.29 is 4.74 Å². The van der Waals surface area contributed by atoms with Crippen LogP contribution in [-0.4, -0.2) is 24.1 Å². The van der Waals surface area contributed by atoms with E-state index in [9.17, 15) is 0 Å². The number of nitrogens with one attached hydrogen (secondary N) is 2. The van der Waals surface area contributed by atoms with Gasteiger partial charge in [0, 0.05) is 25.4 Å². The standard InChI is InChI=1S/C22H32N4O.HI/c1-16(2)12-18(4)27-21-13-17(3)9-10-19(21)14-25-22(23-5)26-15-20-8-6-7-11-24-20;/h6-11,13,16,18H,12,14-15H2,1-5H3,(H2,23,25,26);1H. The van der Waals surface area contributed by atoms with Gasteiger partial charge in [-0.2, -0.15) is 0 Å². The summed E-state index contributed by atoms with van der Waals surface area (Å²) < 4.78 is 6.22. The molecule has 0 radical (unpaired) electrons. The number of nitrogens with zero attached hydrogens (tertiary/aromatic N) is 2. The highest BCUT2D eigenvalue weighted by Gasteiger charge is 2.11. The number of aromatic nitrogens is 1. The highest BCUT2D eigenvalue weighted by Crippen LogP contribution is 2.23. The quantitative estimate of drug-likeness (QED) is 0.317. The maximum absolute atomic E-state index is 6.22. The Kier molecular flexibility index (Phi) is 10.9. The molecule has 1 aromatic heterocycles. The number of hydrogen-bond acceptors (Lipinski definition) is 3. The minimum atomic E-state index is 0. The number of rotatable bonds is 8. The predicted octanol–water partition coefficient (Wildman–Crippen LogP) is 4.69. The Morgan fingerprint density at radius 1 is 1.11 bits per heavy atom. The lowest BCUT2D eigenvalue weighted by Crippen LogP contribution is -2.36. The monoisotopic (exact) mass is 496 g/mol. The first-order chi connectivity index (χ1) is 13.0. The first-order valence-electron chi connectivity index (χ1n) is 9.58. The Morgan fingerprint density at radius 2 is 1.86 bits per heavy atom. The zero-order valence-electron chi connectivity index (χ0n) is 17.5. The predicted molar refractivity (Wildman–Crippen MR) is 127 cm³/mol. The van der Waals surface area contributed by atoms with Crippen LogP contribution >= 0.6 is 24.0 Å². The Labute approximate surface area is 186 Å². The zero-order chi connectivity index (χ0) is 19.6. The van der Waals surface area contributed by atoms with Crippen LogP contribution in [0.25, 0.3) is 0 Å². The van der Waals surface area contributed by atoms with Crippen LogP contribution in [0.15, 0.2) is 47.6 Å². The maximum Gasteiger partial charge on any atom is 0.191 e. The van der Waals surface area contributed by atoms with Crippen molar-refractivity contribution in [3.05, 3.63) is 59.4 Å². The number of ether oxygens (including phenoxy) is 1. The first kappa shape index (κ1) is 24.2. The number of benzene rings is 1. The molecule has 2 rings (SSSR count). The van der Waals surface area contributed by atoms with Crippen LogP contribution in [0.5, 0.6) is 5.75 Å². The molecule has 0 saturated carbocycles. The molecule has 28 heavy (non-hydrogen) atoms. The Bertz CT molecular complexity index is 735. The molecule has 1 heterocycles. The van der Waals surface area contributed by atoms with Gasteiger partial charge in [-0.1, -0.05) is 32.0 Å². The smallest absolute Gasteiger partial charge is 0.191 e. The molecule has 0 bridgehead atoms. The molecule has 0 amide bonds. The Hall–Kier alpha value is -1.83. The molecule has 1 aromatic carbocycles. The average molecular weight is 496 g/mol. The summed E-state index contributed by atoms with van der Waals surface area (Å²) in [6, 6.07) is 12.2. The third-order valence-electron chi connectivity index (χ3n) is 4.19. The summed E-state index contributed by atoms with van der Waals surface area (Å²) in [4.78, 5) is 8.61. The fourth-order valence-electron chi connectivity index (χ4n) is 2.92. The van der Waals surface area contributed by atoms with E-state index < -0.39 is 0 Å². The highest BCUT2D eigenvalue weighted by molar-refractivity contribution is 14.0. The molecule has 0 spiro atoms. The average Bonchev–Trinajstić information content (AvgIpc) is 2.63. The van der Waals surface area contributed by atoms with Crippen molar-refractivity contribution >= 4 is 29.9 Å². The largest absolute Gasteiger partial charge is 0.490 e. The van der Waals surface area contributed by atoms with E-state index in [0.29, 0.717) is 19.0 Å². The summed E-state index contributed by atoms with van der Waals surface area (Å²) in [6.07, 6.45) is 3.02. The topological polar surface area (TPSA) is 58.5 Å². The van der Waals surface area contributed by atoms with E-state index in [4.69, 9.17) is 4.74 Å². The summed E-state index contributed by atoms with van der Waals surface area (Å²) in [5.41, 5.74) is 3.29. The Balaban J connectivity index is 0.00000392. The van der Waals surface area contributed by atoms with E-state index in [-0.39, 0.29) is 30.1 Å². The van der Waals surface area contributed by atoms with E-state index in [1.165, 1.54) is 5.56 Å². The second kappa shape index (κ2) is 12.6. The van der Waals surface area contributed by atoms with Gasteiger partial charge in [0.25, 0.3) is 0 Å². The van der Waals surface area contributed by atoms with Crippen LogP contribution in [0, 0.1) is 12.8 Å². The third kappa shape index (κ3) is 8.46.